The van der Waals surface area contributed by atoms with Gasteiger partial charge in [0.25, 0.3) is 0 Å². The molecule has 0 spiro atoms. The Bertz CT molecular complexity index is 225. The normalized spacial score (nSPS) is 12.3. The van der Waals surface area contributed by atoms with Crippen LogP contribution in [-0.2, 0) is 4.57 Å². The monoisotopic (exact) mass is 275 g/mol. The Morgan fingerprint density at radius 1 is 0.778 bits per heavy atom. The molecule has 0 N–H and O–H groups in total. The molecule has 0 aliphatic heterocycles. The minimum atomic E-state index is -2.00. The number of hydrogen-bond acceptors (Lipinski definition) is 1. The maximum Gasteiger partial charge on any atom is 0.144 e. The van der Waals surface area contributed by atoms with Gasteiger partial charge in [-0.15, -0.1) is 0 Å². The van der Waals surface area contributed by atoms with Gasteiger partial charge in [0.2, 0.25) is 0 Å². The summed E-state index contributed by atoms with van der Waals surface area (Å²) in [6.45, 7) is 6.95. The Kier molecular flexibility index (Phi) is 11.2. The van der Waals surface area contributed by atoms with Gasteiger partial charge in [-0.05, 0) is 13.5 Å². The van der Waals surface area contributed by atoms with Gasteiger partial charge in [-0.3, -0.25) is 4.67 Å². The van der Waals surface area contributed by atoms with Gasteiger partial charge >= 0.3 is 0 Å². The maximum absolute atomic E-state index is 11.7. The van der Waals surface area contributed by atoms with Crippen LogP contribution in [0, 0.1) is 0 Å². The third-order valence-electron chi connectivity index (χ3n) is 3.66. The highest BCUT2D eigenvalue weighted by Crippen LogP contribution is 2.39. The van der Waals surface area contributed by atoms with Gasteiger partial charge in [-0.25, -0.2) is 0 Å². The molecular formula is C15H34NOP. The molecular weight excluding hydrogens is 241 g/mol. The molecule has 0 amide bonds. The molecule has 0 aliphatic rings. The van der Waals surface area contributed by atoms with Gasteiger partial charge in [0.1, 0.15) is 7.29 Å². The molecule has 0 unspecified atom stereocenters. The van der Waals surface area contributed by atoms with Gasteiger partial charge in [0, 0.05) is 19.9 Å². The molecule has 0 aromatic rings. The Balaban J connectivity index is 3.19. The van der Waals surface area contributed by atoms with Crippen LogP contribution in [0.3, 0.4) is 0 Å². The molecule has 0 saturated carbocycles. The third-order valence-corrected chi connectivity index (χ3v) is 5.50. The molecule has 3 heteroatoms. The molecule has 0 fully saturated rings. The highest BCUT2D eigenvalue weighted by Gasteiger charge is 2.12. The van der Waals surface area contributed by atoms with E-state index in [1.807, 2.05) is 25.0 Å². The Morgan fingerprint density at radius 2 is 1.17 bits per heavy atom. The van der Waals surface area contributed by atoms with Crippen LogP contribution in [0.15, 0.2) is 0 Å². The van der Waals surface area contributed by atoms with Gasteiger partial charge in [0.15, 0.2) is 0 Å². The molecule has 0 aromatic heterocycles. The van der Waals surface area contributed by atoms with E-state index in [0.29, 0.717) is 0 Å². The van der Waals surface area contributed by atoms with Crippen molar-refractivity contribution in [2.45, 2.75) is 71.1 Å². The molecule has 110 valence electrons. The van der Waals surface area contributed by atoms with Crippen LogP contribution in [0.1, 0.15) is 71.1 Å². The molecule has 2 nitrogen and oxygen atoms in total. The standard InChI is InChI=1S/C15H34NOP/c1-5-6-7-8-9-10-11-12-13-14-15-16(2)18(3,4)17/h5-15H2,1-4H3. The number of nitrogens with zero attached hydrogens (tertiary/aromatic N) is 1. The SMILES string of the molecule is CCCCCCCCCCCCN(C)P(C)(C)=O. The lowest BCUT2D eigenvalue weighted by atomic mass is 10.1. The van der Waals surface area contributed by atoms with Crippen molar-refractivity contribution in [3.63, 3.8) is 0 Å². The fraction of sp³-hybridized carbons (Fsp3) is 1.00. The molecule has 0 bridgehead atoms. The zero-order valence-electron chi connectivity index (χ0n) is 13.1. The van der Waals surface area contributed by atoms with E-state index >= 15 is 0 Å². The zero-order valence-corrected chi connectivity index (χ0v) is 14.0. The smallest absolute Gasteiger partial charge is 0.144 e. The van der Waals surface area contributed by atoms with E-state index < -0.39 is 7.29 Å². The van der Waals surface area contributed by atoms with Crippen molar-refractivity contribution in [3.05, 3.63) is 0 Å². The summed E-state index contributed by atoms with van der Waals surface area (Å²) in [6.07, 6.45) is 13.6. The van der Waals surface area contributed by atoms with E-state index in [9.17, 15) is 4.57 Å². The third kappa shape index (κ3) is 11.3. The molecule has 0 radical (unpaired) electrons. The Labute approximate surface area is 115 Å². The van der Waals surface area contributed by atoms with Gasteiger partial charge in [-0.1, -0.05) is 64.7 Å². The van der Waals surface area contributed by atoms with Gasteiger partial charge in [-0.2, -0.15) is 0 Å². The second kappa shape index (κ2) is 11.1. The molecule has 0 atom stereocenters. The van der Waals surface area contributed by atoms with E-state index in [-0.39, 0.29) is 0 Å². The summed E-state index contributed by atoms with van der Waals surface area (Å²) < 4.78 is 13.8. The first kappa shape index (κ1) is 18.2. The Hall–Kier alpha value is 0.190. The van der Waals surface area contributed by atoms with Crippen LogP contribution in [-0.4, -0.2) is 31.6 Å². The summed E-state index contributed by atoms with van der Waals surface area (Å²) >= 11 is 0. The molecule has 0 aliphatic carbocycles. The minimum Gasteiger partial charge on any atom is -0.307 e. The molecule has 18 heavy (non-hydrogen) atoms. The topological polar surface area (TPSA) is 20.3 Å². The quantitative estimate of drug-likeness (QED) is 0.352. The van der Waals surface area contributed by atoms with Crippen molar-refractivity contribution in [2.24, 2.45) is 0 Å². The number of hydrogen-bond donors (Lipinski definition) is 0. The molecule has 0 aromatic carbocycles. The molecule has 0 rings (SSSR count). The van der Waals surface area contributed by atoms with Crippen LogP contribution >= 0.6 is 7.29 Å². The van der Waals surface area contributed by atoms with Crippen LogP contribution in [0.2, 0.25) is 0 Å². The summed E-state index contributed by atoms with van der Waals surface area (Å²) in [4.78, 5) is 0. The van der Waals surface area contributed by atoms with Crippen molar-refractivity contribution in [2.75, 3.05) is 26.9 Å². The summed E-state index contributed by atoms with van der Waals surface area (Å²) in [5.41, 5.74) is 0. The summed E-state index contributed by atoms with van der Waals surface area (Å²) in [7, 11) is -0.0199. The van der Waals surface area contributed by atoms with Gasteiger partial charge in [0.05, 0.1) is 0 Å². The predicted molar refractivity (Wildman–Crippen MR) is 83.9 cm³/mol. The van der Waals surface area contributed by atoms with Crippen LogP contribution in [0.25, 0.3) is 0 Å². The first-order valence-corrected chi connectivity index (χ1v) is 10.3. The Morgan fingerprint density at radius 3 is 1.56 bits per heavy atom. The summed E-state index contributed by atoms with van der Waals surface area (Å²) in [5.74, 6) is 0. The first-order chi connectivity index (χ1) is 8.48. The number of unbranched alkanes of at least 4 members (excludes halogenated alkanes) is 9. The average molecular weight is 275 g/mol. The fourth-order valence-corrected chi connectivity index (χ4v) is 2.69. The molecule has 0 heterocycles. The van der Waals surface area contributed by atoms with E-state index in [1.165, 1.54) is 64.2 Å². The van der Waals surface area contributed by atoms with Crippen molar-refractivity contribution < 1.29 is 4.57 Å². The maximum atomic E-state index is 11.7. The van der Waals surface area contributed by atoms with E-state index in [1.54, 1.807) is 0 Å². The highest BCUT2D eigenvalue weighted by atomic mass is 31.2. The lowest BCUT2D eigenvalue weighted by molar-refractivity contribution is 0.453. The first-order valence-electron chi connectivity index (χ1n) is 7.75. The van der Waals surface area contributed by atoms with E-state index in [2.05, 4.69) is 6.92 Å². The van der Waals surface area contributed by atoms with E-state index in [4.69, 9.17) is 0 Å². The second-order valence-corrected chi connectivity index (χ2v) is 9.13. The second-order valence-electron chi connectivity index (χ2n) is 5.86. The van der Waals surface area contributed by atoms with Gasteiger partial charge < -0.3 is 4.57 Å². The lowest BCUT2D eigenvalue weighted by Crippen LogP contribution is -2.15. The predicted octanol–water partition coefficient (Wildman–Crippen LogP) is 5.38. The van der Waals surface area contributed by atoms with E-state index in [0.717, 1.165) is 6.54 Å². The fourth-order valence-electron chi connectivity index (χ4n) is 2.07. The highest BCUT2D eigenvalue weighted by molar-refractivity contribution is 7.59. The van der Waals surface area contributed by atoms with Crippen molar-refractivity contribution in [1.29, 1.82) is 0 Å². The van der Waals surface area contributed by atoms with Crippen LogP contribution < -0.4 is 0 Å². The molecule has 0 saturated heterocycles. The largest absolute Gasteiger partial charge is 0.307 e. The average Bonchev–Trinajstić information content (AvgIpc) is 2.30. The van der Waals surface area contributed by atoms with Crippen molar-refractivity contribution >= 4 is 7.29 Å². The number of rotatable bonds is 12. The van der Waals surface area contributed by atoms with Crippen LogP contribution in [0.4, 0.5) is 0 Å². The lowest BCUT2D eigenvalue weighted by Gasteiger charge is -2.21. The minimum absolute atomic E-state index is 0.987. The van der Waals surface area contributed by atoms with Crippen molar-refractivity contribution in [1.82, 2.24) is 4.67 Å². The van der Waals surface area contributed by atoms with Crippen molar-refractivity contribution in [3.8, 4) is 0 Å². The van der Waals surface area contributed by atoms with Crippen LogP contribution in [0.5, 0.6) is 0 Å². The summed E-state index contributed by atoms with van der Waals surface area (Å²) in [6, 6.07) is 0. The summed E-state index contributed by atoms with van der Waals surface area (Å²) in [5, 5.41) is 0. The zero-order chi connectivity index (χ0) is 13.9.